The molecule has 0 saturated carbocycles. The van der Waals surface area contributed by atoms with Crippen LogP contribution in [0.1, 0.15) is 22.3 Å². The Morgan fingerprint density at radius 2 is 1.83 bits per heavy atom. The van der Waals surface area contributed by atoms with Gasteiger partial charge in [-0.3, -0.25) is 24.1 Å². The first-order chi connectivity index (χ1) is 19.7. The second-order valence-corrected chi connectivity index (χ2v) is 11.2. The number of Topliss-reactive ketones (excluding diaryl/α,β-unsaturated/α-hetero) is 2. The van der Waals surface area contributed by atoms with Crippen LogP contribution in [0.15, 0.2) is 28.7 Å². The van der Waals surface area contributed by atoms with Gasteiger partial charge in [0.1, 0.15) is 17.1 Å². The number of aliphatic hydroxyl groups is 3. The van der Waals surface area contributed by atoms with E-state index in [4.69, 9.17) is 10.5 Å². The van der Waals surface area contributed by atoms with Crippen LogP contribution in [-0.4, -0.2) is 115 Å². The molecule has 0 aromatic heterocycles. The molecule has 228 valence electrons. The van der Waals surface area contributed by atoms with Crippen LogP contribution in [0.2, 0.25) is 0 Å². The number of ether oxygens (including phenoxy) is 1. The van der Waals surface area contributed by atoms with Crippen molar-refractivity contribution in [1.29, 1.82) is 0 Å². The summed E-state index contributed by atoms with van der Waals surface area (Å²) >= 11 is 0. The molecular formula is C28H37N5O9. The maximum atomic E-state index is 14.0. The van der Waals surface area contributed by atoms with Crippen molar-refractivity contribution in [3.05, 3.63) is 39.9 Å². The largest absolute Gasteiger partial charge is 0.510 e. The molecule has 1 aromatic rings. The summed E-state index contributed by atoms with van der Waals surface area (Å²) in [6.45, 7) is 0.709. The minimum atomic E-state index is -2.73. The molecular weight excluding hydrogens is 550 g/mol. The lowest BCUT2D eigenvalue weighted by Gasteiger charge is -2.50. The van der Waals surface area contributed by atoms with Crippen molar-refractivity contribution in [1.82, 2.24) is 10.2 Å². The van der Waals surface area contributed by atoms with Crippen LogP contribution in [0.25, 0.3) is 0 Å². The first kappa shape index (κ1) is 31.0. The molecule has 2 amide bonds. The van der Waals surface area contributed by atoms with Gasteiger partial charge in [-0.1, -0.05) is 0 Å². The van der Waals surface area contributed by atoms with E-state index in [0.717, 1.165) is 0 Å². The van der Waals surface area contributed by atoms with E-state index < -0.39 is 69.7 Å². The van der Waals surface area contributed by atoms with Gasteiger partial charge in [0.25, 0.3) is 5.91 Å². The summed E-state index contributed by atoms with van der Waals surface area (Å²) < 4.78 is 4.94. The van der Waals surface area contributed by atoms with E-state index in [1.54, 1.807) is 39.2 Å². The summed E-state index contributed by atoms with van der Waals surface area (Å²) in [6.07, 6.45) is 0.105. The topological polar surface area (TPSA) is 215 Å². The number of likely N-dealkylation sites (N-methyl/N-ethyl adjacent to an activating group) is 1. The van der Waals surface area contributed by atoms with Crippen molar-refractivity contribution < 1.29 is 44.3 Å². The number of ketones is 2. The number of hydrogen-bond donors (Lipinski definition) is 7. The van der Waals surface area contributed by atoms with E-state index >= 15 is 0 Å². The van der Waals surface area contributed by atoms with Crippen molar-refractivity contribution >= 4 is 34.8 Å². The Labute approximate surface area is 242 Å². The maximum absolute atomic E-state index is 14.0. The number of nitrogens with one attached hydrogen (secondary N) is 2. The quantitative estimate of drug-likeness (QED) is 0.109. The minimum Gasteiger partial charge on any atom is -0.510 e. The van der Waals surface area contributed by atoms with Crippen molar-refractivity contribution in [2.45, 2.75) is 24.5 Å². The van der Waals surface area contributed by atoms with Gasteiger partial charge in [-0.2, -0.15) is 0 Å². The van der Waals surface area contributed by atoms with E-state index in [-0.39, 0.29) is 36.2 Å². The van der Waals surface area contributed by atoms with Crippen LogP contribution < -0.4 is 21.3 Å². The van der Waals surface area contributed by atoms with Gasteiger partial charge in [-0.15, -0.1) is 0 Å². The number of aromatic hydroxyl groups is 1. The molecule has 3 aliphatic carbocycles. The Morgan fingerprint density at radius 3 is 2.40 bits per heavy atom. The van der Waals surface area contributed by atoms with Gasteiger partial charge in [-0.05, 0) is 44.5 Å². The number of phenols is 1. The second-order valence-electron chi connectivity index (χ2n) is 11.2. The monoisotopic (exact) mass is 587 g/mol. The van der Waals surface area contributed by atoms with Crippen molar-refractivity contribution in [3.8, 4) is 5.75 Å². The average Bonchev–Trinajstić information content (AvgIpc) is 2.89. The third-order valence-corrected chi connectivity index (χ3v) is 8.22. The fraction of sp³-hybridized carbons (Fsp3) is 0.500. The average molecular weight is 588 g/mol. The molecule has 4 rings (SSSR count). The van der Waals surface area contributed by atoms with E-state index in [2.05, 4.69) is 10.6 Å². The number of aliphatic hydroxyl groups excluding tert-OH is 2. The highest BCUT2D eigenvalue weighted by Gasteiger charge is 2.63. The fourth-order valence-corrected chi connectivity index (χ4v) is 6.36. The van der Waals surface area contributed by atoms with Gasteiger partial charge in [-0.25, -0.2) is 0 Å². The number of methoxy groups -OCH3 is 1. The molecule has 0 aliphatic heterocycles. The Balaban J connectivity index is 1.84. The third kappa shape index (κ3) is 4.79. The van der Waals surface area contributed by atoms with Crippen molar-refractivity contribution in [2.24, 2.45) is 17.6 Å². The van der Waals surface area contributed by atoms with Gasteiger partial charge in [0.05, 0.1) is 30.4 Å². The van der Waals surface area contributed by atoms with E-state index in [9.17, 15) is 39.6 Å². The van der Waals surface area contributed by atoms with Crippen molar-refractivity contribution in [3.63, 3.8) is 0 Å². The number of carbonyl (C=O) groups is 4. The normalized spacial score (nSPS) is 25.3. The van der Waals surface area contributed by atoms with Gasteiger partial charge < -0.3 is 46.4 Å². The highest BCUT2D eigenvalue weighted by Crippen LogP contribution is 2.53. The van der Waals surface area contributed by atoms with Crippen LogP contribution in [0.4, 0.5) is 11.4 Å². The third-order valence-electron chi connectivity index (χ3n) is 8.22. The van der Waals surface area contributed by atoms with E-state index in [0.29, 0.717) is 24.4 Å². The molecule has 3 aliphatic rings. The number of nitrogens with two attached hydrogens (primary N) is 1. The number of phenolic OH excluding ortho intramolecular Hbond substituents is 1. The van der Waals surface area contributed by atoms with Gasteiger partial charge in [0, 0.05) is 44.9 Å². The zero-order valence-electron chi connectivity index (χ0n) is 24.1. The number of anilines is 2. The van der Waals surface area contributed by atoms with Crippen LogP contribution >= 0.6 is 0 Å². The lowest BCUT2D eigenvalue weighted by molar-refractivity contribution is -0.148. The Hall–Kier alpha value is -3.98. The Bertz CT molecular complexity index is 1420. The van der Waals surface area contributed by atoms with Gasteiger partial charge in [0.15, 0.2) is 17.1 Å². The summed E-state index contributed by atoms with van der Waals surface area (Å²) in [5.74, 6) is -7.87. The molecule has 0 radical (unpaired) electrons. The molecule has 4 atom stereocenters. The number of nitrogens with zero attached hydrogens (tertiary/aromatic N) is 2. The first-order valence-corrected chi connectivity index (χ1v) is 13.4. The molecule has 0 bridgehead atoms. The second kappa shape index (κ2) is 11.4. The number of hydrogen-bond acceptors (Lipinski definition) is 12. The molecule has 0 spiro atoms. The number of benzene rings is 1. The molecule has 0 heterocycles. The Morgan fingerprint density at radius 1 is 1.17 bits per heavy atom. The number of primary amides is 1. The fourth-order valence-electron chi connectivity index (χ4n) is 6.36. The van der Waals surface area contributed by atoms with Crippen LogP contribution in [0, 0.1) is 11.8 Å². The maximum Gasteiger partial charge on any atom is 0.255 e. The molecule has 0 saturated heterocycles. The standard InChI is InChI=1S/C28H37N5O9/c1-32(2)16-10-15(31-17(34)11-30-6-7-42-5)22(35)19-13(16)8-12-9-14-21(33(3)4)24(37)20(27(29)40)26(39)28(14,41)25(38)18(12)23(19)36/h10,12,14,21,30,35,37-38,41H,6-9,11H2,1-5H3,(H2,29,40)(H,31,34)/t12?,14?,21-,28-/m0/s1. The molecule has 2 unspecified atom stereocenters. The highest BCUT2D eigenvalue weighted by atomic mass is 16.5. The number of fused-ring (bicyclic) bond motifs is 3. The summed E-state index contributed by atoms with van der Waals surface area (Å²) in [6, 6.07) is 0.468. The first-order valence-electron chi connectivity index (χ1n) is 13.4. The van der Waals surface area contributed by atoms with Crippen LogP contribution in [-0.2, 0) is 25.5 Å². The summed E-state index contributed by atoms with van der Waals surface area (Å²) in [7, 11) is 8.12. The van der Waals surface area contributed by atoms with Crippen LogP contribution in [0.5, 0.6) is 5.75 Å². The summed E-state index contributed by atoms with van der Waals surface area (Å²) in [5.41, 5.74) is 2.24. The molecule has 14 nitrogen and oxygen atoms in total. The van der Waals surface area contributed by atoms with Gasteiger partial charge >= 0.3 is 0 Å². The van der Waals surface area contributed by atoms with E-state index in [1.807, 2.05) is 0 Å². The molecule has 8 N–H and O–H groups in total. The molecule has 1 aromatic carbocycles. The minimum absolute atomic E-state index is 0.0228. The molecule has 0 fully saturated rings. The predicted octanol–water partition coefficient (Wildman–Crippen LogP) is -0.639. The molecule has 14 heteroatoms. The highest BCUT2D eigenvalue weighted by molar-refractivity contribution is 6.25. The number of rotatable bonds is 9. The lowest BCUT2D eigenvalue weighted by Crippen LogP contribution is -2.63. The zero-order valence-corrected chi connectivity index (χ0v) is 24.1. The number of carbonyl (C=O) groups excluding carboxylic acids is 4. The summed E-state index contributed by atoms with van der Waals surface area (Å²) in [4.78, 5) is 55.4. The van der Waals surface area contributed by atoms with E-state index in [1.165, 1.54) is 12.0 Å². The van der Waals surface area contributed by atoms with Crippen LogP contribution in [0.3, 0.4) is 0 Å². The Kier molecular flexibility index (Phi) is 8.38. The smallest absolute Gasteiger partial charge is 0.255 e. The lowest BCUT2D eigenvalue weighted by atomic mass is 9.58. The van der Waals surface area contributed by atoms with Gasteiger partial charge in [0.2, 0.25) is 11.7 Å². The number of amides is 2. The predicted molar refractivity (Wildman–Crippen MR) is 151 cm³/mol. The SMILES string of the molecule is COCCNCC(=O)Nc1cc(N(C)C)c2c(c1O)C(=O)C1=C(O)[C@]3(O)C(=O)C(C(N)=O)=C(O)[C@@H](N(C)C)C3CC1C2. The van der Waals surface area contributed by atoms with Crippen molar-refractivity contribution in [2.75, 3.05) is 65.2 Å². The number of allylic oxidation sites excluding steroid dienone is 1. The summed E-state index contributed by atoms with van der Waals surface area (Å²) in [5, 5.41) is 50.8. The zero-order chi connectivity index (χ0) is 31.3. The molecule has 42 heavy (non-hydrogen) atoms.